The lowest BCUT2D eigenvalue weighted by atomic mass is 10.2. The average Bonchev–Trinajstić information content (AvgIpc) is 2.62. The van der Waals surface area contributed by atoms with Gasteiger partial charge in [0.25, 0.3) is 0 Å². The van der Waals surface area contributed by atoms with Gasteiger partial charge in [0.05, 0.1) is 6.21 Å². The van der Waals surface area contributed by atoms with Gasteiger partial charge in [-0.15, -0.1) is 5.10 Å². The lowest BCUT2D eigenvalue weighted by molar-refractivity contribution is -0.0692. The number of halogens is 4. The molecule has 0 radical (unpaired) electrons. The van der Waals surface area contributed by atoms with Crippen molar-refractivity contribution in [1.29, 1.82) is 0 Å². The Morgan fingerprint density at radius 3 is 2.33 bits per heavy atom. The van der Waals surface area contributed by atoms with E-state index in [1.54, 1.807) is 0 Å². The maximum atomic E-state index is 12.4. The molecule has 0 aromatic heterocycles. The molecule has 0 fully saturated rings. The third kappa shape index (κ3) is 7.57. The number of thioether (sulfide) groups is 1. The molecule has 0 aliphatic carbocycles. The summed E-state index contributed by atoms with van der Waals surface area (Å²) in [5, 5.41) is 7.74. The fraction of sp³-hybridized carbons (Fsp3) is 0.176. The Bertz CT molecular complexity index is 789. The predicted molar refractivity (Wildman–Crippen MR) is 96.7 cm³/mol. The molecule has 144 valence electrons. The van der Waals surface area contributed by atoms with E-state index in [4.69, 9.17) is 5.73 Å². The van der Waals surface area contributed by atoms with Gasteiger partial charge in [0.15, 0.2) is 16.7 Å². The van der Waals surface area contributed by atoms with Crippen molar-refractivity contribution in [2.45, 2.75) is 19.0 Å². The molecule has 10 heteroatoms. The predicted octanol–water partition coefficient (Wildman–Crippen LogP) is 4.47. The number of alkyl halides is 4. The molecule has 2 rings (SSSR count). The highest BCUT2D eigenvalue weighted by molar-refractivity contribution is 8.13. The summed E-state index contributed by atoms with van der Waals surface area (Å²) in [6, 6.07) is 13.1. The number of nitrogens with zero attached hydrogens (tertiary/aromatic N) is 2. The fourth-order valence-corrected chi connectivity index (χ4v) is 2.51. The van der Waals surface area contributed by atoms with Gasteiger partial charge in [-0.05, 0) is 29.3 Å². The first kappa shape index (κ1) is 20.6. The standard InChI is InChI=1S/C17H15F4N3O2S/c18-15(19)25-13-7-6-12(8-14(13)26-16(20)21)9-23-24-17(22)27-10-11-4-2-1-3-5-11/h1-9,15-16H,10H2,(H2,22,24). The van der Waals surface area contributed by atoms with Gasteiger partial charge in [-0.1, -0.05) is 42.1 Å². The fourth-order valence-electron chi connectivity index (χ4n) is 1.90. The molecule has 2 aromatic carbocycles. The maximum absolute atomic E-state index is 12.4. The van der Waals surface area contributed by atoms with Gasteiger partial charge < -0.3 is 15.2 Å². The Balaban J connectivity index is 2.02. The third-order valence-corrected chi connectivity index (χ3v) is 3.85. The van der Waals surface area contributed by atoms with Gasteiger partial charge in [0.2, 0.25) is 0 Å². The summed E-state index contributed by atoms with van der Waals surface area (Å²) < 4.78 is 57.7. The monoisotopic (exact) mass is 401 g/mol. The van der Waals surface area contributed by atoms with Crippen LogP contribution in [0.2, 0.25) is 0 Å². The Labute approximate surface area is 156 Å². The van der Waals surface area contributed by atoms with Crippen LogP contribution >= 0.6 is 11.8 Å². The number of ether oxygens (including phenoxy) is 2. The second kappa shape index (κ2) is 10.4. The van der Waals surface area contributed by atoms with Crippen molar-refractivity contribution in [3.63, 3.8) is 0 Å². The van der Waals surface area contributed by atoms with E-state index in [0.717, 1.165) is 17.7 Å². The van der Waals surface area contributed by atoms with Gasteiger partial charge in [0.1, 0.15) is 0 Å². The van der Waals surface area contributed by atoms with Crippen LogP contribution in [-0.4, -0.2) is 24.6 Å². The quantitative estimate of drug-likeness (QED) is 0.307. The highest BCUT2D eigenvalue weighted by Crippen LogP contribution is 2.30. The van der Waals surface area contributed by atoms with Crippen molar-refractivity contribution in [3.05, 3.63) is 59.7 Å². The minimum Gasteiger partial charge on any atom is -0.431 e. The van der Waals surface area contributed by atoms with E-state index < -0.39 is 24.7 Å². The van der Waals surface area contributed by atoms with Gasteiger partial charge in [-0.25, -0.2) is 0 Å². The number of rotatable bonds is 8. The average molecular weight is 401 g/mol. The van der Waals surface area contributed by atoms with Crippen molar-refractivity contribution in [1.82, 2.24) is 0 Å². The van der Waals surface area contributed by atoms with Crippen molar-refractivity contribution in [3.8, 4) is 11.5 Å². The summed E-state index contributed by atoms with van der Waals surface area (Å²) in [5.74, 6) is -0.439. The SMILES string of the molecule is NC(=NN=Cc1ccc(OC(F)F)c(OC(F)F)c1)SCc1ccccc1. The first-order valence-electron chi connectivity index (χ1n) is 7.51. The summed E-state index contributed by atoms with van der Waals surface area (Å²) in [6.07, 6.45) is 1.22. The Kier molecular flexibility index (Phi) is 7.93. The largest absolute Gasteiger partial charge is 0.431 e. The number of hydrogen-bond donors (Lipinski definition) is 1. The first-order chi connectivity index (χ1) is 12.9. The molecule has 2 aromatic rings. The Morgan fingerprint density at radius 1 is 1.00 bits per heavy atom. The summed E-state index contributed by atoms with van der Waals surface area (Å²) in [7, 11) is 0. The molecule has 0 bridgehead atoms. The van der Waals surface area contributed by atoms with Gasteiger partial charge in [0, 0.05) is 5.75 Å². The molecule has 0 amide bonds. The minimum absolute atomic E-state index is 0.205. The van der Waals surface area contributed by atoms with Crippen LogP contribution in [0, 0.1) is 0 Å². The van der Waals surface area contributed by atoms with Crippen molar-refractivity contribution >= 4 is 23.1 Å². The Hall–Kier alpha value is -2.75. The van der Waals surface area contributed by atoms with Crippen LogP contribution in [0.4, 0.5) is 17.6 Å². The second-order valence-corrected chi connectivity index (χ2v) is 5.92. The summed E-state index contributed by atoms with van der Waals surface area (Å²) >= 11 is 1.27. The van der Waals surface area contributed by atoms with E-state index in [1.807, 2.05) is 30.3 Å². The minimum atomic E-state index is -3.19. The molecule has 0 aliphatic heterocycles. The molecule has 0 atom stereocenters. The number of amidine groups is 1. The van der Waals surface area contributed by atoms with Crippen molar-refractivity contribution in [2.75, 3.05) is 0 Å². The van der Waals surface area contributed by atoms with Crippen LogP contribution < -0.4 is 15.2 Å². The molecular weight excluding hydrogens is 386 g/mol. The van der Waals surface area contributed by atoms with Crippen LogP contribution in [0.15, 0.2) is 58.7 Å². The van der Waals surface area contributed by atoms with E-state index >= 15 is 0 Å². The first-order valence-corrected chi connectivity index (χ1v) is 8.49. The number of hydrogen-bond acceptors (Lipinski definition) is 5. The van der Waals surface area contributed by atoms with Crippen LogP contribution in [0.3, 0.4) is 0 Å². The second-order valence-electron chi connectivity index (χ2n) is 4.92. The number of benzene rings is 2. The lowest BCUT2D eigenvalue weighted by Gasteiger charge is -2.11. The van der Waals surface area contributed by atoms with Crippen LogP contribution in [-0.2, 0) is 5.75 Å². The van der Waals surface area contributed by atoms with E-state index in [9.17, 15) is 17.6 Å². The molecule has 0 spiro atoms. The van der Waals surface area contributed by atoms with E-state index in [0.29, 0.717) is 5.75 Å². The highest BCUT2D eigenvalue weighted by Gasteiger charge is 2.14. The zero-order chi connectivity index (χ0) is 19.6. The van der Waals surface area contributed by atoms with Crippen LogP contribution in [0.25, 0.3) is 0 Å². The van der Waals surface area contributed by atoms with Gasteiger partial charge in [-0.2, -0.15) is 22.7 Å². The zero-order valence-corrected chi connectivity index (χ0v) is 14.6. The molecule has 0 aliphatic rings. The molecule has 0 saturated heterocycles. The zero-order valence-electron chi connectivity index (χ0n) is 13.8. The maximum Gasteiger partial charge on any atom is 0.387 e. The normalized spacial score (nSPS) is 12.1. The van der Waals surface area contributed by atoms with Gasteiger partial charge in [-0.3, -0.25) is 0 Å². The van der Waals surface area contributed by atoms with Crippen LogP contribution in [0.1, 0.15) is 11.1 Å². The molecule has 2 N–H and O–H groups in total. The van der Waals surface area contributed by atoms with Crippen LogP contribution in [0.5, 0.6) is 11.5 Å². The van der Waals surface area contributed by atoms with E-state index in [-0.39, 0.29) is 10.7 Å². The summed E-state index contributed by atoms with van der Waals surface area (Å²) in [5.41, 5.74) is 7.08. The molecular formula is C17H15F4N3O2S. The summed E-state index contributed by atoms with van der Waals surface area (Å²) in [6.45, 7) is -6.36. The van der Waals surface area contributed by atoms with E-state index in [2.05, 4.69) is 19.7 Å². The van der Waals surface area contributed by atoms with Crippen molar-refractivity contribution in [2.24, 2.45) is 15.9 Å². The Morgan fingerprint density at radius 2 is 1.67 bits per heavy atom. The van der Waals surface area contributed by atoms with Gasteiger partial charge >= 0.3 is 13.2 Å². The molecule has 0 unspecified atom stereocenters. The molecule has 5 nitrogen and oxygen atoms in total. The van der Waals surface area contributed by atoms with Crippen molar-refractivity contribution < 1.29 is 27.0 Å². The molecule has 27 heavy (non-hydrogen) atoms. The summed E-state index contributed by atoms with van der Waals surface area (Å²) in [4.78, 5) is 0. The van der Waals surface area contributed by atoms with E-state index in [1.165, 1.54) is 24.0 Å². The number of nitrogens with two attached hydrogens (primary N) is 1. The highest BCUT2D eigenvalue weighted by atomic mass is 32.2. The topological polar surface area (TPSA) is 69.2 Å². The molecule has 0 saturated carbocycles. The lowest BCUT2D eigenvalue weighted by Crippen LogP contribution is -2.08. The smallest absolute Gasteiger partial charge is 0.387 e. The molecule has 0 heterocycles. The third-order valence-electron chi connectivity index (χ3n) is 2.99.